The quantitative estimate of drug-likeness (QED) is 0.642. The molecule has 1 fully saturated rings. The van der Waals surface area contributed by atoms with Crippen LogP contribution in [0.1, 0.15) is 46.0 Å². The van der Waals surface area contributed by atoms with E-state index in [1.165, 1.54) is 25.8 Å². The normalized spacial score (nSPS) is 21.7. The van der Waals surface area contributed by atoms with Crippen molar-refractivity contribution in [3.05, 3.63) is 0 Å². The molecule has 4 heteroatoms. The van der Waals surface area contributed by atoms with E-state index in [4.69, 9.17) is 15.2 Å². The lowest BCUT2D eigenvalue weighted by molar-refractivity contribution is -0.143. The summed E-state index contributed by atoms with van der Waals surface area (Å²) in [4.78, 5) is 2.57. The van der Waals surface area contributed by atoms with Crippen molar-refractivity contribution in [2.75, 3.05) is 32.8 Å². The molecule has 1 heterocycles. The zero-order valence-corrected chi connectivity index (χ0v) is 12.1. The summed E-state index contributed by atoms with van der Waals surface area (Å²) in [6.45, 7) is 8.54. The Bertz CT molecular complexity index is 194. The number of ether oxygens (including phenoxy) is 2. The first-order valence-corrected chi connectivity index (χ1v) is 7.49. The highest BCUT2D eigenvalue weighted by atomic mass is 16.7. The van der Waals surface area contributed by atoms with Crippen LogP contribution in [0, 0.1) is 0 Å². The minimum atomic E-state index is -0.0412. The van der Waals surface area contributed by atoms with E-state index in [2.05, 4.69) is 4.90 Å². The molecule has 0 spiro atoms. The van der Waals surface area contributed by atoms with Crippen molar-refractivity contribution in [1.29, 1.82) is 0 Å². The predicted octanol–water partition coefficient (Wildman–Crippen LogP) is 1.98. The Labute approximate surface area is 112 Å². The topological polar surface area (TPSA) is 47.7 Å². The van der Waals surface area contributed by atoms with E-state index in [1.807, 2.05) is 13.8 Å². The van der Waals surface area contributed by atoms with Crippen molar-refractivity contribution >= 4 is 0 Å². The number of nitrogens with zero attached hydrogens (tertiary/aromatic N) is 1. The van der Waals surface area contributed by atoms with Crippen molar-refractivity contribution in [2.24, 2.45) is 5.73 Å². The molecule has 0 aromatic heterocycles. The summed E-state index contributed by atoms with van der Waals surface area (Å²) in [5.41, 5.74) is 5.70. The number of nitrogens with two attached hydrogens (primary N) is 1. The molecule has 0 aromatic carbocycles. The Morgan fingerprint density at radius 1 is 1.22 bits per heavy atom. The number of likely N-dealkylation sites (tertiary alicyclic amines) is 1. The van der Waals surface area contributed by atoms with Crippen molar-refractivity contribution in [2.45, 2.75) is 58.3 Å². The van der Waals surface area contributed by atoms with Gasteiger partial charge < -0.3 is 20.1 Å². The molecule has 108 valence electrons. The lowest BCUT2D eigenvalue weighted by atomic mass is 9.99. The van der Waals surface area contributed by atoms with Crippen LogP contribution in [0.15, 0.2) is 0 Å². The van der Waals surface area contributed by atoms with Crippen molar-refractivity contribution in [3.63, 3.8) is 0 Å². The van der Waals surface area contributed by atoms with E-state index in [1.54, 1.807) is 0 Å². The number of rotatable bonds is 9. The highest BCUT2D eigenvalue weighted by Gasteiger charge is 2.22. The summed E-state index contributed by atoms with van der Waals surface area (Å²) >= 11 is 0. The number of hydrogen-bond acceptors (Lipinski definition) is 4. The SMILES string of the molecule is CCOC(CCN1CCCCC1CCN)OCC. The van der Waals surface area contributed by atoms with Crippen LogP contribution < -0.4 is 5.73 Å². The van der Waals surface area contributed by atoms with Crippen LogP contribution in [0.25, 0.3) is 0 Å². The third-order valence-corrected chi connectivity index (χ3v) is 3.61. The molecule has 0 bridgehead atoms. The van der Waals surface area contributed by atoms with E-state index in [-0.39, 0.29) is 6.29 Å². The standard InChI is InChI=1S/C14H30N2O2/c1-3-17-14(18-4-2)9-12-16-11-6-5-7-13(16)8-10-15/h13-14H,3-12,15H2,1-2H3. The second-order valence-electron chi connectivity index (χ2n) is 4.89. The van der Waals surface area contributed by atoms with Gasteiger partial charge in [-0.3, -0.25) is 0 Å². The Kier molecular flexibility index (Phi) is 8.59. The number of piperidine rings is 1. The lowest BCUT2D eigenvalue weighted by Gasteiger charge is -2.36. The fourth-order valence-electron chi connectivity index (χ4n) is 2.73. The maximum atomic E-state index is 5.70. The molecule has 1 saturated heterocycles. The molecule has 1 aliphatic rings. The van der Waals surface area contributed by atoms with Gasteiger partial charge in [0.15, 0.2) is 6.29 Å². The predicted molar refractivity (Wildman–Crippen MR) is 74.5 cm³/mol. The van der Waals surface area contributed by atoms with E-state index in [0.29, 0.717) is 6.04 Å². The van der Waals surface area contributed by atoms with Gasteiger partial charge in [0, 0.05) is 32.2 Å². The highest BCUT2D eigenvalue weighted by Crippen LogP contribution is 2.20. The van der Waals surface area contributed by atoms with Crippen LogP contribution in [0.5, 0.6) is 0 Å². The van der Waals surface area contributed by atoms with Gasteiger partial charge in [-0.25, -0.2) is 0 Å². The summed E-state index contributed by atoms with van der Waals surface area (Å²) < 4.78 is 11.2. The Morgan fingerprint density at radius 2 is 1.94 bits per heavy atom. The average Bonchev–Trinajstić information content (AvgIpc) is 2.38. The van der Waals surface area contributed by atoms with Gasteiger partial charge in [-0.1, -0.05) is 6.42 Å². The van der Waals surface area contributed by atoms with Gasteiger partial charge >= 0.3 is 0 Å². The van der Waals surface area contributed by atoms with Crippen LogP contribution in [0.3, 0.4) is 0 Å². The summed E-state index contributed by atoms with van der Waals surface area (Å²) in [6.07, 6.45) is 6.00. The molecular formula is C14H30N2O2. The lowest BCUT2D eigenvalue weighted by Crippen LogP contribution is -2.42. The summed E-state index contributed by atoms with van der Waals surface area (Å²) in [7, 11) is 0. The first-order chi connectivity index (χ1) is 8.81. The molecule has 1 aliphatic heterocycles. The largest absolute Gasteiger partial charge is 0.353 e. The average molecular weight is 258 g/mol. The molecule has 0 saturated carbocycles. The monoisotopic (exact) mass is 258 g/mol. The van der Waals surface area contributed by atoms with Crippen LogP contribution >= 0.6 is 0 Å². The van der Waals surface area contributed by atoms with Gasteiger partial charge in [-0.2, -0.15) is 0 Å². The van der Waals surface area contributed by atoms with E-state index in [9.17, 15) is 0 Å². The molecular weight excluding hydrogens is 228 g/mol. The minimum Gasteiger partial charge on any atom is -0.353 e. The van der Waals surface area contributed by atoms with Gasteiger partial charge in [0.2, 0.25) is 0 Å². The van der Waals surface area contributed by atoms with Crippen LogP contribution in [0.2, 0.25) is 0 Å². The molecule has 1 rings (SSSR count). The third-order valence-electron chi connectivity index (χ3n) is 3.61. The molecule has 4 nitrogen and oxygen atoms in total. The van der Waals surface area contributed by atoms with Crippen LogP contribution in [-0.2, 0) is 9.47 Å². The van der Waals surface area contributed by atoms with Crippen LogP contribution in [-0.4, -0.2) is 50.1 Å². The number of hydrogen-bond donors (Lipinski definition) is 1. The van der Waals surface area contributed by atoms with Gasteiger partial charge in [0.05, 0.1) is 0 Å². The van der Waals surface area contributed by atoms with Crippen molar-refractivity contribution in [3.8, 4) is 0 Å². The Morgan fingerprint density at radius 3 is 2.56 bits per heavy atom. The highest BCUT2D eigenvalue weighted by molar-refractivity contribution is 4.77. The fraction of sp³-hybridized carbons (Fsp3) is 1.00. The molecule has 0 aliphatic carbocycles. The summed E-state index contributed by atoms with van der Waals surface area (Å²) in [5.74, 6) is 0. The first-order valence-electron chi connectivity index (χ1n) is 7.49. The Balaban J connectivity index is 2.33. The van der Waals surface area contributed by atoms with Gasteiger partial charge in [-0.15, -0.1) is 0 Å². The first kappa shape index (κ1) is 15.9. The van der Waals surface area contributed by atoms with E-state index >= 15 is 0 Å². The third kappa shape index (κ3) is 5.65. The van der Waals surface area contributed by atoms with Gasteiger partial charge in [0.1, 0.15) is 0 Å². The maximum absolute atomic E-state index is 5.70. The molecule has 0 radical (unpaired) electrons. The zero-order chi connectivity index (χ0) is 13.2. The van der Waals surface area contributed by atoms with Crippen molar-refractivity contribution < 1.29 is 9.47 Å². The summed E-state index contributed by atoms with van der Waals surface area (Å²) in [5, 5.41) is 0. The second kappa shape index (κ2) is 9.73. The molecule has 0 amide bonds. The molecule has 1 unspecified atom stereocenters. The second-order valence-corrected chi connectivity index (χ2v) is 4.89. The van der Waals surface area contributed by atoms with Crippen LogP contribution in [0.4, 0.5) is 0 Å². The Hall–Kier alpha value is -0.160. The van der Waals surface area contributed by atoms with E-state index in [0.717, 1.165) is 39.1 Å². The molecule has 2 N–H and O–H groups in total. The molecule has 0 aromatic rings. The van der Waals surface area contributed by atoms with Gasteiger partial charge in [-0.05, 0) is 46.2 Å². The zero-order valence-electron chi connectivity index (χ0n) is 12.1. The van der Waals surface area contributed by atoms with E-state index < -0.39 is 0 Å². The molecule has 18 heavy (non-hydrogen) atoms. The van der Waals surface area contributed by atoms with Gasteiger partial charge in [0.25, 0.3) is 0 Å². The minimum absolute atomic E-state index is 0.0412. The molecule has 1 atom stereocenters. The summed E-state index contributed by atoms with van der Waals surface area (Å²) in [6, 6.07) is 0.674. The fourth-order valence-corrected chi connectivity index (χ4v) is 2.73. The maximum Gasteiger partial charge on any atom is 0.158 e. The van der Waals surface area contributed by atoms with Crippen molar-refractivity contribution in [1.82, 2.24) is 4.90 Å². The smallest absolute Gasteiger partial charge is 0.158 e.